The first-order chi connectivity index (χ1) is 11.5. The number of piperazine rings is 1. The number of benzene rings is 1. The van der Waals surface area contributed by atoms with Crippen LogP contribution >= 0.6 is 0 Å². The lowest BCUT2D eigenvalue weighted by Crippen LogP contribution is -2.53. The third-order valence-electron chi connectivity index (χ3n) is 4.76. The number of fused-ring (bicyclic) bond motifs is 1. The predicted molar refractivity (Wildman–Crippen MR) is 92.5 cm³/mol. The first-order valence-electron chi connectivity index (χ1n) is 8.64. The van der Waals surface area contributed by atoms with Crippen LogP contribution in [-0.2, 0) is 4.79 Å². The van der Waals surface area contributed by atoms with Crippen LogP contribution in [0.25, 0.3) is 0 Å². The van der Waals surface area contributed by atoms with Gasteiger partial charge in [-0.15, -0.1) is 0 Å². The SMILES string of the molecule is C[C@H](NC(=O)CN1CCN(C)C[C@H]1C)c1ccc2c(c1)OCCO2. The third kappa shape index (κ3) is 3.99. The van der Waals surface area contributed by atoms with Gasteiger partial charge in [-0.3, -0.25) is 9.69 Å². The molecule has 24 heavy (non-hydrogen) atoms. The maximum absolute atomic E-state index is 12.4. The number of nitrogens with one attached hydrogen (secondary N) is 1. The smallest absolute Gasteiger partial charge is 0.234 e. The van der Waals surface area contributed by atoms with Crippen LogP contribution in [0.2, 0.25) is 0 Å². The number of hydrogen-bond donors (Lipinski definition) is 1. The van der Waals surface area contributed by atoms with E-state index >= 15 is 0 Å². The van der Waals surface area contributed by atoms with Gasteiger partial charge in [0.1, 0.15) is 13.2 Å². The van der Waals surface area contributed by atoms with Crippen LogP contribution in [0.1, 0.15) is 25.5 Å². The lowest BCUT2D eigenvalue weighted by atomic mass is 10.1. The van der Waals surface area contributed by atoms with Gasteiger partial charge in [-0.1, -0.05) is 6.07 Å². The summed E-state index contributed by atoms with van der Waals surface area (Å²) < 4.78 is 11.2. The molecular weight excluding hydrogens is 306 g/mol. The Morgan fingerprint density at radius 2 is 2.04 bits per heavy atom. The van der Waals surface area contributed by atoms with E-state index in [-0.39, 0.29) is 11.9 Å². The van der Waals surface area contributed by atoms with Gasteiger partial charge in [-0.05, 0) is 38.6 Å². The number of carbonyl (C=O) groups excluding carboxylic acids is 1. The second-order valence-corrected chi connectivity index (χ2v) is 6.77. The number of rotatable bonds is 4. The second kappa shape index (κ2) is 7.40. The van der Waals surface area contributed by atoms with Crippen molar-refractivity contribution < 1.29 is 14.3 Å². The lowest BCUT2D eigenvalue weighted by molar-refractivity contribution is -0.124. The van der Waals surface area contributed by atoms with E-state index in [2.05, 4.69) is 29.1 Å². The Hall–Kier alpha value is -1.79. The largest absolute Gasteiger partial charge is 0.486 e. The number of amides is 1. The summed E-state index contributed by atoms with van der Waals surface area (Å²) in [5, 5.41) is 3.09. The maximum Gasteiger partial charge on any atom is 0.234 e. The molecule has 2 aliphatic rings. The molecule has 1 N–H and O–H groups in total. The minimum atomic E-state index is -0.0592. The van der Waals surface area contributed by atoms with E-state index < -0.39 is 0 Å². The molecule has 2 aliphatic heterocycles. The Kier molecular flexibility index (Phi) is 5.26. The molecule has 132 valence electrons. The zero-order valence-electron chi connectivity index (χ0n) is 14.7. The highest BCUT2D eigenvalue weighted by atomic mass is 16.6. The van der Waals surface area contributed by atoms with Crippen LogP contribution in [0.15, 0.2) is 18.2 Å². The van der Waals surface area contributed by atoms with Gasteiger partial charge in [0, 0.05) is 25.7 Å². The minimum Gasteiger partial charge on any atom is -0.486 e. The molecule has 0 spiro atoms. The number of hydrogen-bond acceptors (Lipinski definition) is 5. The number of ether oxygens (including phenoxy) is 2. The predicted octanol–water partition coefficient (Wildman–Crippen LogP) is 1.27. The molecule has 1 aromatic carbocycles. The van der Waals surface area contributed by atoms with Gasteiger partial charge in [0.05, 0.1) is 12.6 Å². The molecule has 1 fully saturated rings. The summed E-state index contributed by atoms with van der Waals surface area (Å²) >= 11 is 0. The van der Waals surface area contributed by atoms with Crippen molar-refractivity contribution in [3.8, 4) is 11.5 Å². The van der Waals surface area contributed by atoms with Gasteiger partial charge in [-0.25, -0.2) is 0 Å². The van der Waals surface area contributed by atoms with E-state index in [4.69, 9.17) is 9.47 Å². The second-order valence-electron chi connectivity index (χ2n) is 6.77. The van der Waals surface area contributed by atoms with E-state index in [1.54, 1.807) is 0 Å². The van der Waals surface area contributed by atoms with E-state index in [0.717, 1.165) is 36.7 Å². The van der Waals surface area contributed by atoms with Crippen molar-refractivity contribution >= 4 is 5.91 Å². The molecule has 1 aromatic rings. The quantitative estimate of drug-likeness (QED) is 0.899. The highest BCUT2D eigenvalue weighted by Crippen LogP contribution is 2.32. The summed E-state index contributed by atoms with van der Waals surface area (Å²) in [7, 11) is 2.12. The molecule has 2 atom stereocenters. The van der Waals surface area contributed by atoms with E-state index in [9.17, 15) is 4.79 Å². The van der Waals surface area contributed by atoms with Crippen LogP contribution < -0.4 is 14.8 Å². The van der Waals surface area contributed by atoms with Crippen LogP contribution in [0.5, 0.6) is 11.5 Å². The molecule has 6 heteroatoms. The summed E-state index contributed by atoms with van der Waals surface area (Å²) in [6.07, 6.45) is 0. The average Bonchev–Trinajstić information content (AvgIpc) is 2.57. The zero-order valence-corrected chi connectivity index (χ0v) is 14.7. The van der Waals surface area contributed by atoms with Crippen LogP contribution in [0, 0.1) is 0 Å². The fraction of sp³-hybridized carbons (Fsp3) is 0.611. The van der Waals surface area contributed by atoms with Crippen molar-refractivity contribution in [1.82, 2.24) is 15.1 Å². The Balaban J connectivity index is 1.56. The van der Waals surface area contributed by atoms with Crippen LogP contribution in [0.3, 0.4) is 0 Å². The molecule has 0 saturated carbocycles. The molecule has 0 unspecified atom stereocenters. The first kappa shape index (κ1) is 17.0. The summed E-state index contributed by atoms with van der Waals surface area (Å²) in [4.78, 5) is 16.9. The average molecular weight is 333 g/mol. The van der Waals surface area contributed by atoms with Crippen molar-refractivity contribution in [1.29, 1.82) is 0 Å². The topological polar surface area (TPSA) is 54.0 Å². The molecule has 0 radical (unpaired) electrons. The molecule has 3 rings (SSSR count). The summed E-state index contributed by atoms with van der Waals surface area (Å²) in [5.74, 6) is 1.59. The fourth-order valence-corrected chi connectivity index (χ4v) is 3.30. The van der Waals surface area contributed by atoms with Crippen molar-refractivity contribution in [2.75, 3.05) is 46.4 Å². The lowest BCUT2D eigenvalue weighted by Gasteiger charge is -2.37. The zero-order chi connectivity index (χ0) is 17.1. The normalized spacial score (nSPS) is 22.9. The first-order valence-corrected chi connectivity index (χ1v) is 8.64. The number of carbonyl (C=O) groups is 1. The molecule has 0 bridgehead atoms. The van der Waals surface area contributed by atoms with Gasteiger partial charge >= 0.3 is 0 Å². The standard InChI is InChI=1S/C18H27N3O3/c1-13-11-20(3)6-7-21(13)12-18(22)19-14(2)15-4-5-16-17(10-15)24-9-8-23-16/h4-5,10,13-14H,6-9,11-12H2,1-3H3,(H,19,22)/t13-,14+/m1/s1. The van der Waals surface area contributed by atoms with Crippen molar-refractivity contribution in [2.45, 2.75) is 25.9 Å². The molecule has 2 heterocycles. The van der Waals surface area contributed by atoms with E-state index in [0.29, 0.717) is 25.8 Å². The van der Waals surface area contributed by atoms with Crippen molar-refractivity contribution in [2.24, 2.45) is 0 Å². The fourth-order valence-electron chi connectivity index (χ4n) is 3.30. The summed E-state index contributed by atoms with van der Waals surface area (Å²) in [6.45, 7) is 8.72. The van der Waals surface area contributed by atoms with Crippen LogP contribution in [-0.4, -0.2) is 68.2 Å². The third-order valence-corrected chi connectivity index (χ3v) is 4.76. The minimum absolute atomic E-state index is 0.0592. The number of likely N-dealkylation sites (N-methyl/N-ethyl adjacent to an activating group) is 1. The van der Waals surface area contributed by atoms with Crippen molar-refractivity contribution in [3.05, 3.63) is 23.8 Å². The van der Waals surface area contributed by atoms with E-state index in [1.807, 2.05) is 25.1 Å². The monoisotopic (exact) mass is 333 g/mol. The van der Waals surface area contributed by atoms with Gasteiger partial charge in [-0.2, -0.15) is 0 Å². The van der Waals surface area contributed by atoms with Gasteiger partial charge in [0.15, 0.2) is 11.5 Å². The van der Waals surface area contributed by atoms with Crippen LogP contribution in [0.4, 0.5) is 0 Å². The van der Waals surface area contributed by atoms with Gasteiger partial charge < -0.3 is 19.7 Å². The number of nitrogens with zero attached hydrogens (tertiary/aromatic N) is 2. The Morgan fingerprint density at radius 1 is 1.29 bits per heavy atom. The van der Waals surface area contributed by atoms with Crippen molar-refractivity contribution in [3.63, 3.8) is 0 Å². The highest BCUT2D eigenvalue weighted by Gasteiger charge is 2.24. The van der Waals surface area contributed by atoms with Gasteiger partial charge in [0.2, 0.25) is 5.91 Å². The molecule has 0 aliphatic carbocycles. The van der Waals surface area contributed by atoms with Gasteiger partial charge in [0.25, 0.3) is 0 Å². The van der Waals surface area contributed by atoms with E-state index in [1.165, 1.54) is 0 Å². The summed E-state index contributed by atoms with van der Waals surface area (Å²) in [6, 6.07) is 6.19. The molecule has 1 saturated heterocycles. The molecule has 0 aromatic heterocycles. The molecule has 1 amide bonds. The Bertz CT molecular complexity index is 593. The molecule has 6 nitrogen and oxygen atoms in total. The molecular formula is C18H27N3O3. The Morgan fingerprint density at radius 3 is 2.79 bits per heavy atom. The maximum atomic E-state index is 12.4. The summed E-state index contributed by atoms with van der Waals surface area (Å²) in [5.41, 5.74) is 1.03. The Labute approximate surface area is 143 Å². The highest BCUT2D eigenvalue weighted by molar-refractivity contribution is 5.78.